The Morgan fingerprint density at radius 1 is 0.968 bits per heavy atom. The largest absolute Gasteiger partial charge is 0.508 e. The van der Waals surface area contributed by atoms with Gasteiger partial charge in [0.15, 0.2) is 17.3 Å². The van der Waals surface area contributed by atoms with Gasteiger partial charge in [-0.15, -0.1) is 0 Å². The number of benzene rings is 2. The standard InChI is InChI=1S/C21H22O10/c22-9-17-18(27)19(28)20(29)21(31-17)30-16-6-2-10(7-15(16)26)1-5-13(24)12-4-3-11(23)8-14(12)25/h1-8,17-23,25-29H,9H2. The zero-order valence-electron chi connectivity index (χ0n) is 16.1. The van der Waals surface area contributed by atoms with Crippen molar-refractivity contribution >= 4 is 11.9 Å². The average Bonchev–Trinajstić information content (AvgIpc) is 2.73. The first-order chi connectivity index (χ1) is 14.7. The van der Waals surface area contributed by atoms with Crippen LogP contribution in [0.4, 0.5) is 0 Å². The molecule has 1 saturated heterocycles. The lowest BCUT2D eigenvalue weighted by atomic mass is 9.99. The molecule has 0 aromatic heterocycles. The van der Waals surface area contributed by atoms with E-state index in [-0.39, 0.29) is 28.6 Å². The summed E-state index contributed by atoms with van der Waals surface area (Å²) < 4.78 is 10.6. The maximum Gasteiger partial charge on any atom is 0.229 e. The van der Waals surface area contributed by atoms with Gasteiger partial charge in [0.25, 0.3) is 0 Å². The molecule has 166 valence electrons. The summed E-state index contributed by atoms with van der Waals surface area (Å²) in [6, 6.07) is 7.65. The van der Waals surface area contributed by atoms with Gasteiger partial charge >= 0.3 is 0 Å². The maximum atomic E-state index is 12.2. The van der Waals surface area contributed by atoms with Crippen molar-refractivity contribution < 1.29 is 50.0 Å². The van der Waals surface area contributed by atoms with E-state index in [0.717, 1.165) is 6.07 Å². The van der Waals surface area contributed by atoms with Crippen LogP contribution in [0.15, 0.2) is 42.5 Å². The second-order valence-electron chi connectivity index (χ2n) is 6.94. The minimum atomic E-state index is -1.63. The van der Waals surface area contributed by atoms with Gasteiger partial charge in [-0.2, -0.15) is 0 Å². The van der Waals surface area contributed by atoms with Gasteiger partial charge in [0.1, 0.15) is 35.9 Å². The predicted octanol–water partition coefficient (Wildman–Crippen LogP) is -0.122. The molecule has 0 saturated carbocycles. The Morgan fingerprint density at radius 3 is 2.35 bits per heavy atom. The fourth-order valence-corrected chi connectivity index (χ4v) is 3.02. The summed E-state index contributed by atoms with van der Waals surface area (Å²) in [5, 5.41) is 68.0. The number of phenols is 3. The molecule has 0 amide bonds. The van der Waals surface area contributed by atoms with Gasteiger partial charge in [-0.05, 0) is 35.9 Å². The van der Waals surface area contributed by atoms with Crippen LogP contribution < -0.4 is 4.74 Å². The van der Waals surface area contributed by atoms with Crippen molar-refractivity contribution in [1.29, 1.82) is 0 Å². The van der Waals surface area contributed by atoms with E-state index in [4.69, 9.17) is 9.47 Å². The summed E-state index contributed by atoms with van der Waals surface area (Å²) >= 11 is 0. The normalized spacial score (nSPS) is 26.1. The van der Waals surface area contributed by atoms with Gasteiger partial charge in [0.2, 0.25) is 6.29 Å². The van der Waals surface area contributed by atoms with Crippen LogP contribution in [-0.2, 0) is 4.74 Å². The number of phenolic OH excluding ortho intramolecular Hbond substituents is 3. The lowest BCUT2D eigenvalue weighted by Crippen LogP contribution is -2.60. The zero-order valence-corrected chi connectivity index (χ0v) is 16.1. The third-order valence-corrected chi connectivity index (χ3v) is 4.75. The van der Waals surface area contributed by atoms with Crippen molar-refractivity contribution in [2.24, 2.45) is 0 Å². The lowest BCUT2D eigenvalue weighted by molar-refractivity contribution is -0.277. The summed E-state index contributed by atoms with van der Waals surface area (Å²) in [4.78, 5) is 12.2. The summed E-state index contributed by atoms with van der Waals surface area (Å²) in [5.74, 6) is -1.56. The van der Waals surface area contributed by atoms with E-state index in [1.54, 1.807) is 0 Å². The Morgan fingerprint density at radius 2 is 1.71 bits per heavy atom. The monoisotopic (exact) mass is 434 g/mol. The first-order valence-corrected chi connectivity index (χ1v) is 9.26. The third-order valence-electron chi connectivity index (χ3n) is 4.75. The van der Waals surface area contributed by atoms with Crippen molar-refractivity contribution in [3.63, 3.8) is 0 Å². The van der Waals surface area contributed by atoms with Crippen LogP contribution in [0.3, 0.4) is 0 Å². The molecule has 0 radical (unpaired) electrons. The van der Waals surface area contributed by atoms with Crippen molar-refractivity contribution in [2.75, 3.05) is 6.61 Å². The van der Waals surface area contributed by atoms with Crippen LogP contribution >= 0.6 is 0 Å². The molecule has 10 heteroatoms. The molecule has 1 heterocycles. The van der Waals surface area contributed by atoms with Gasteiger partial charge < -0.3 is 45.2 Å². The Kier molecular flexibility index (Phi) is 6.78. The Balaban J connectivity index is 1.71. The Bertz CT molecular complexity index is 971. The van der Waals surface area contributed by atoms with E-state index in [9.17, 15) is 40.5 Å². The second kappa shape index (κ2) is 9.33. The number of aliphatic hydroxyl groups excluding tert-OH is 4. The number of ether oxygens (including phenoxy) is 2. The first kappa shape index (κ1) is 22.5. The minimum absolute atomic E-state index is 0.0131. The minimum Gasteiger partial charge on any atom is -0.508 e. The van der Waals surface area contributed by atoms with Crippen molar-refractivity contribution in [3.8, 4) is 23.0 Å². The number of hydrogen-bond donors (Lipinski definition) is 7. The van der Waals surface area contributed by atoms with Crippen molar-refractivity contribution in [3.05, 3.63) is 53.6 Å². The predicted molar refractivity (Wildman–Crippen MR) is 106 cm³/mol. The second-order valence-corrected chi connectivity index (χ2v) is 6.94. The van der Waals surface area contributed by atoms with E-state index in [1.165, 1.54) is 42.5 Å². The average molecular weight is 434 g/mol. The van der Waals surface area contributed by atoms with Crippen LogP contribution in [0.25, 0.3) is 6.08 Å². The van der Waals surface area contributed by atoms with Crippen LogP contribution in [0.5, 0.6) is 23.0 Å². The highest BCUT2D eigenvalue weighted by Gasteiger charge is 2.44. The van der Waals surface area contributed by atoms with Crippen LogP contribution in [0, 0.1) is 0 Å². The molecule has 5 unspecified atom stereocenters. The molecule has 0 spiro atoms. The molecule has 2 aromatic carbocycles. The zero-order chi connectivity index (χ0) is 22.7. The van der Waals surface area contributed by atoms with E-state index in [1.807, 2.05) is 0 Å². The first-order valence-electron chi connectivity index (χ1n) is 9.26. The molecule has 1 aliphatic heterocycles. The van der Waals surface area contributed by atoms with Gasteiger partial charge in [-0.1, -0.05) is 12.1 Å². The van der Waals surface area contributed by atoms with Crippen molar-refractivity contribution in [1.82, 2.24) is 0 Å². The van der Waals surface area contributed by atoms with E-state index < -0.39 is 43.1 Å². The van der Waals surface area contributed by atoms with Crippen LogP contribution in [0.1, 0.15) is 15.9 Å². The van der Waals surface area contributed by atoms with E-state index in [0.29, 0.717) is 5.56 Å². The number of aromatic hydroxyl groups is 3. The maximum absolute atomic E-state index is 12.2. The molecule has 7 N–H and O–H groups in total. The van der Waals surface area contributed by atoms with Crippen LogP contribution in [-0.4, -0.2) is 78.8 Å². The molecule has 1 aliphatic rings. The molecule has 0 aliphatic carbocycles. The molecule has 10 nitrogen and oxygen atoms in total. The number of rotatable bonds is 6. The Hall–Kier alpha value is -3.15. The topological polar surface area (TPSA) is 177 Å². The quantitative estimate of drug-likeness (QED) is 0.239. The van der Waals surface area contributed by atoms with Crippen LogP contribution in [0.2, 0.25) is 0 Å². The van der Waals surface area contributed by atoms with Gasteiger partial charge in [-0.25, -0.2) is 0 Å². The molecule has 0 bridgehead atoms. The third kappa shape index (κ3) is 4.95. The molecule has 3 rings (SSSR count). The van der Waals surface area contributed by atoms with Crippen molar-refractivity contribution in [2.45, 2.75) is 30.7 Å². The SMILES string of the molecule is O=C(C=Cc1ccc(OC2OC(CO)C(O)C(O)C2O)c(O)c1)c1ccc(O)cc1O. The smallest absolute Gasteiger partial charge is 0.229 e. The fourth-order valence-electron chi connectivity index (χ4n) is 3.02. The number of hydrogen-bond acceptors (Lipinski definition) is 10. The van der Waals surface area contributed by atoms with E-state index in [2.05, 4.69) is 0 Å². The fraction of sp³-hybridized carbons (Fsp3) is 0.286. The van der Waals surface area contributed by atoms with Gasteiger partial charge in [0, 0.05) is 6.07 Å². The number of carbonyl (C=O) groups is 1. The molecular weight excluding hydrogens is 412 g/mol. The summed E-state index contributed by atoms with van der Waals surface area (Å²) in [5.41, 5.74) is 0.395. The molecule has 5 atom stereocenters. The number of ketones is 1. The summed E-state index contributed by atoms with van der Waals surface area (Å²) in [6.45, 7) is -0.620. The van der Waals surface area contributed by atoms with Gasteiger partial charge in [-0.3, -0.25) is 4.79 Å². The Labute approximate surface area is 176 Å². The number of aliphatic hydroxyl groups is 4. The molecule has 31 heavy (non-hydrogen) atoms. The lowest BCUT2D eigenvalue weighted by Gasteiger charge is -2.39. The number of carbonyl (C=O) groups excluding carboxylic acids is 1. The number of allylic oxidation sites excluding steroid dienone is 1. The highest BCUT2D eigenvalue weighted by atomic mass is 16.7. The van der Waals surface area contributed by atoms with Gasteiger partial charge in [0.05, 0.1) is 12.2 Å². The highest BCUT2D eigenvalue weighted by molar-refractivity contribution is 6.08. The highest BCUT2D eigenvalue weighted by Crippen LogP contribution is 2.31. The van der Waals surface area contributed by atoms with E-state index >= 15 is 0 Å². The molecule has 2 aromatic rings. The summed E-state index contributed by atoms with van der Waals surface area (Å²) in [7, 11) is 0. The summed E-state index contributed by atoms with van der Waals surface area (Å²) in [6.07, 6.45) is -4.86. The molecular formula is C21H22O10. The molecule has 1 fully saturated rings.